The molecule has 0 radical (unpaired) electrons. The van der Waals surface area contributed by atoms with Crippen molar-refractivity contribution in [3.8, 4) is 5.75 Å². The van der Waals surface area contributed by atoms with Gasteiger partial charge in [0.25, 0.3) is 0 Å². The first kappa shape index (κ1) is 12.6. The van der Waals surface area contributed by atoms with Crippen LogP contribution in [0.5, 0.6) is 5.75 Å². The molecule has 0 heterocycles. The third-order valence-corrected chi connectivity index (χ3v) is 3.23. The zero-order valence-electron chi connectivity index (χ0n) is 8.25. The lowest BCUT2D eigenvalue weighted by Gasteiger charge is -2.11. The van der Waals surface area contributed by atoms with E-state index in [1.165, 1.54) is 7.11 Å². The second-order valence-corrected chi connectivity index (χ2v) is 6.24. The second kappa shape index (κ2) is 4.60. The topological polar surface area (TPSA) is 43.4 Å². The molecule has 6 heteroatoms. The van der Waals surface area contributed by atoms with Crippen molar-refractivity contribution in [1.82, 2.24) is 0 Å². The fourth-order valence-electron chi connectivity index (χ4n) is 1.27. The smallest absolute Gasteiger partial charge is 0.236 e. The fraction of sp³-hybridized carbons (Fsp3) is 0.333. The van der Waals surface area contributed by atoms with Gasteiger partial charge in [0.2, 0.25) is 9.05 Å². The van der Waals surface area contributed by atoms with Crippen molar-refractivity contribution in [3.05, 3.63) is 28.3 Å². The summed E-state index contributed by atoms with van der Waals surface area (Å²) in [6.07, 6.45) is 0. The van der Waals surface area contributed by atoms with Crippen LogP contribution in [-0.2, 0) is 14.8 Å². The number of rotatable bonds is 3. The molecule has 0 aliphatic rings. The van der Waals surface area contributed by atoms with Gasteiger partial charge < -0.3 is 4.74 Å². The summed E-state index contributed by atoms with van der Waals surface area (Å²) in [6.45, 7) is 1.77. The number of benzene rings is 1. The van der Waals surface area contributed by atoms with Crippen molar-refractivity contribution in [2.75, 3.05) is 7.11 Å². The van der Waals surface area contributed by atoms with Crippen molar-refractivity contribution < 1.29 is 13.2 Å². The van der Waals surface area contributed by atoms with Crippen LogP contribution in [0.15, 0.2) is 12.1 Å². The van der Waals surface area contributed by atoms with Crippen LogP contribution < -0.4 is 4.74 Å². The third-order valence-electron chi connectivity index (χ3n) is 1.97. The normalized spacial score (nSPS) is 11.5. The molecule has 0 saturated carbocycles. The van der Waals surface area contributed by atoms with E-state index in [1.807, 2.05) is 0 Å². The van der Waals surface area contributed by atoms with E-state index in [2.05, 4.69) is 0 Å². The summed E-state index contributed by atoms with van der Waals surface area (Å²) >= 11 is 5.87. The number of halogens is 2. The Morgan fingerprint density at radius 2 is 2.00 bits per heavy atom. The van der Waals surface area contributed by atoms with Gasteiger partial charge in [-0.3, -0.25) is 0 Å². The highest BCUT2D eigenvalue weighted by Crippen LogP contribution is 2.32. The summed E-state index contributed by atoms with van der Waals surface area (Å²) in [6, 6.07) is 3.38. The number of methoxy groups -OCH3 is 1. The van der Waals surface area contributed by atoms with Crippen molar-refractivity contribution in [1.29, 1.82) is 0 Å². The minimum absolute atomic E-state index is 0.288. The molecule has 0 N–H and O–H groups in total. The summed E-state index contributed by atoms with van der Waals surface area (Å²) in [4.78, 5) is 0. The molecule has 84 valence electrons. The first-order valence-electron chi connectivity index (χ1n) is 4.09. The van der Waals surface area contributed by atoms with Gasteiger partial charge in [0.15, 0.2) is 0 Å². The minimum Gasteiger partial charge on any atom is -0.495 e. The predicted octanol–water partition coefficient (Wildman–Crippen LogP) is 2.73. The second-order valence-electron chi connectivity index (χ2n) is 3.06. The number of hydrogen-bond donors (Lipinski definition) is 0. The van der Waals surface area contributed by atoms with Gasteiger partial charge in [0.1, 0.15) is 5.75 Å². The Bertz CT molecular complexity index is 468. The van der Waals surface area contributed by atoms with Gasteiger partial charge >= 0.3 is 0 Å². The van der Waals surface area contributed by atoms with Crippen molar-refractivity contribution in [3.63, 3.8) is 0 Å². The van der Waals surface area contributed by atoms with Crippen molar-refractivity contribution in [2.24, 2.45) is 0 Å². The van der Waals surface area contributed by atoms with Crippen LogP contribution in [0.3, 0.4) is 0 Å². The monoisotopic (exact) mass is 268 g/mol. The minimum atomic E-state index is -3.62. The van der Waals surface area contributed by atoms with Gasteiger partial charge in [-0.05, 0) is 18.6 Å². The summed E-state index contributed by atoms with van der Waals surface area (Å²) in [7, 11) is 3.01. The third kappa shape index (κ3) is 3.26. The van der Waals surface area contributed by atoms with Crippen LogP contribution in [0, 0.1) is 6.92 Å². The van der Waals surface area contributed by atoms with E-state index in [4.69, 9.17) is 27.0 Å². The molecule has 0 atom stereocenters. The van der Waals surface area contributed by atoms with Crippen LogP contribution in [-0.4, -0.2) is 15.5 Å². The van der Waals surface area contributed by atoms with E-state index in [9.17, 15) is 8.42 Å². The van der Waals surface area contributed by atoms with Crippen LogP contribution in [0.2, 0.25) is 5.02 Å². The highest BCUT2D eigenvalue weighted by Gasteiger charge is 2.16. The highest BCUT2D eigenvalue weighted by molar-refractivity contribution is 8.13. The van der Waals surface area contributed by atoms with E-state index in [0.717, 1.165) is 5.56 Å². The molecular formula is C9H10Cl2O3S. The SMILES string of the molecule is COc1c(Cl)ccc(C)c1CS(=O)(=O)Cl. The molecule has 0 aliphatic heterocycles. The van der Waals surface area contributed by atoms with Gasteiger partial charge in [-0.15, -0.1) is 0 Å². The molecule has 0 fully saturated rings. The maximum atomic E-state index is 11.0. The lowest BCUT2D eigenvalue weighted by atomic mass is 10.1. The van der Waals surface area contributed by atoms with E-state index in [1.54, 1.807) is 19.1 Å². The molecule has 0 saturated heterocycles. The number of hydrogen-bond acceptors (Lipinski definition) is 3. The number of aryl methyl sites for hydroxylation is 1. The largest absolute Gasteiger partial charge is 0.495 e. The predicted molar refractivity (Wildman–Crippen MR) is 61.2 cm³/mol. The van der Waals surface area contributed by atoms with Crippen LogP contribution in [0.1, 0.15) is 11.1 Å². The maximum absolute atomic E-state index is 11.0. The Morgan fingerprint density at radius 3 is 2.47 bits per heavy atom. The van der Waals surface area contributed by atoms with Gasteiger partial charge in [0, 0.05) is 16.2 Å². The molecular weight excluding hydrogens is 259 g/mol. The van der Waals surface area contributed by atoms with Crippen LogP contribution in [0.25, 0.3) is 0 Å². The standard InChI is InChI=1S/C9H10Cl2O3S/c1-6-3-4-8(10)9(14-2)7(6)5-15(11,12)13/h3-4H,5H2,1-2H3. The molecule has 1 aromatic rings. The lowest BCUT2D eigenvalue weighted by Crippen LogP contribution is -2.01. The lowest BCUT2D eigenvalue weighted by molar-refractivity contribution is 0.411. The van der Waals surface area contributed by atoms with Crippen molar-refractivity contribution in [2.45, 2.75) is 12.7 Å². The van der Waals surface area contributed by atoms with Gasteiger partial charge in [-0.2, -0.15) is 0 Å². The molecule has 0 aliphatic carbocycles. The van der Waals surface area contributed by atoms with E-state index >= 15 is 0 Å². The average molecular weight is 269 g/mol. The maximum Gasteiger partial charge on any atom is 0.236 e. The number of ether oxygens (including phenoxy) is 1. The van der Waals surface area contributed by atoms with E-state index < -0.39 is 9.05 Å². The Labute approximate surface area is 98.4 Å². The quantitative estimate of drug-likeness (QED) is 0.792. The van der Waals surface area contributed by atoms with Crippen molar-refractivity contribution >= 4 is 31.3 Å². The average Bonchev–Trinajstić information content (AvgIpc) is 2.10. The summed E-state index contributed by atoms with van der Waals surface area (Å²) in [5.41, 5.74) is 1.28. The summed E-state index contributed by atoms with van der Waals surface area (Å²) < 4.78 is 27.0. The Morgan fingerprint density at radius 1 is 1.40 bits per heavy atom. The highest BCUT2D eigenvalue weighted by atomic mass is 35.7. The molecule has 0 aromatic heterocycles. The molecule has 0 bridgehead atoms. The van der Waals surface area contributed by atoms with Gasteiger partial charge in [0.05, 0.1) is 17.9 Å². The summed E-state index contributed by atoms with van der Waals surface area (Å²) in [5.74, 6) is 0.0744. The Balaban J connectivity index is 3.32. The van der Waals surface area contributed by atoms with Crippen LogP contribution in [0.4, 0.5) is 0 Å². The first-order chi connectivity index (χ1) is 6.85. The first-order valence-corrected chi connectivity index (χ1v) is 6.95. The molecule has 1 aromatic carbocycles. The molecule has 15 heavy (non-hydrogen) atoms. The van der Waals surface area contributed by atoms with Crippen LogP contribution >= 0.6 is 22.3 Å². The summed E-state index contributed by atoms with van der Waals surface area (Å²) in [5, 5.41) is 0.374. The molecule has 3 nitrogen and oxygen atoms in total. The molecule has 1 rings (SSSR count). The van der Waals surface area contributed by atoms with Gasteiger partial charge in [-0.1, -0.05) is 17.7 Å². The van der Waals surface area contributed by atoms with E-state index in [0.29, 0.717) is 16.3 Å². The van der Waals surface area contributed by atoms with Gasteiger partial charge in [-0.25, -0.2) is 8.42 Å². The zero-order valence-corrected chi connectivity index (χ0v) is 10.6. The zero-order chi connectivity index (χ0) is 11.6. The Hall–Kier alpha value is -0.450. The fourth-order valence-corrected chi connectivity index (χ4v) is 2.56. The Kier molecular flexibility index (Phi) is 3.87. The van der Waals surface area contributed by atoms with E-state index in [-0.39, 0.29) is 5.75 Å². The molecule has 0 unspecified atom stereocenters. The molecule has 0 amide bonds. The molecule has 0 spiro atoms.